The minimum Gasteiger partial charge on any atom is -0.494 e. The minimum atomic E-state index is -5.16. The fourth-order valence-electron chi connectivity index (χ4n) is 6.05. The number of halogens is 3. The number of carbonyl (C=O) groups is 1. The Morgan fingerprint density at radius 2 is 1.89 bits per heavy atom. The van der Waals surface area contributed by atoms with Crippen LogP contribution in [0.1, 0.15) is 85.1 Å². The van der Waals surface area contributed by atoms with Gasteiger partial charge in [0.2, 0.25) is 5.60 Å². The van der Waals surface area contributed by atoms with Gasteiger partial charge in [0.1, 0.15) is 22.7 Å². The topological polar surface area (TPSA) is 98.5 Å². The third kappa shape index (κ3) is 5.10. The molecule has 2 fully saturated rings. The summed E-state index contributed by atoms with van der Waals surface area (Å²) in [5.74, 6) is 0.469. The van der Waals surface area contributed by atoms with Crippen LogP contribution in [0.25, 0.3) is 22.2 Å². The Labute approximate surface area is 258 Å². The average molecular weight is 621 g/mol. The highest BCUT2D eigenvalue weighted by Crippen LogP contribution is 2.49. The standard InChI is InChI=1S/C34H35F3N4O4/c1-4-32(2)18-45-30-25(32)15-27(39-29(30)21-9-7-20(8-10-21)19-5-6-19)33(43,34(35,36)37)17-38-31(42)22-13-23-16-41(24-11-12-24)40-28(23)26(14-22)44-3/h7-10,13-16,19,24,43H,4-6,11-12,17-18H2,1-3H3,(H,38,42)/t32-,33+/m0/s1. The van der Waals surface area contributed by atoms with E-state index in [1.165, 1.54) is 24.8 Å². The second-order valence-corrected chi connectivity index (χ2v) is 12.8. The molecule has 2 N–H and O–H groups in total. The van der Waals surface area contributed by atoms with Gasteiger partial charge in [0.25, 0.3) is 5.91 Å². The fourth-order valence-corrected chi connectivity index (χ4v) is 6.05. The third-order valence-electron chi connectivity index (χ3n) is 9.56. The number of amides is 1. The van der Waals surface area contributed by atoms with Crippen LogP contribution in [0.4, 0.5) is 13.2 Å². The predicted molar refractivity (Wildman–Crippen MR) is 162 cm³/mol. The first-order chi connectivity index (χ1) is 21.4. The second kappa shape index (κ2) is 10.5. The largest absolute Gasteiger partial charge is 0.494 e. The summed E-state index contributed by atoms with van der Waals surface area (Å²) >= 11 is 0. The van der Waals surface area contributed by atoms with Crippen molar-refractivity contribution in [2.45, 2.75) is 75.1 Å². The van der Waals surface area contributed by atoms with Gasteiger partial charge in [0, 0.05) is 33.7 Å². The number of nitrogens with one attached hydrogen (secondary N) is 1. The van der Waals surface area contributed by atoms with Crippen LogP contribution < -0.4 is 14.8 Å². The molecule has 8 nitrogen and oxygen atoms in total. The number of carbonyl (C=O) groups excluding carboxylic acids is 1. The normalized spacial score (nSPS) is 20.9. The van der Waals surface area contributed by atoms with E-state index in [9.17, 15) is 23.1 Å². The summed E-state index contributed by atoms with van der Waals surface area (Å²) in [6.07, 6.45) is 1.50. The first kappa shape index (κ1) is 29.6. The van der Waals surface area contributed by atoms with Crippen LogP contribution in [-0.2, 0) is 11.0 Å². The van der Waals surface area contributed by atoms with E-state index in [1.807, 2.05) is 42.8 Å². The molecule has 2 atom stereocenters. The van der Waals surface area contributed by atoms with Crippen LogP contribution in [0.5, 0.6) is 11.5 Å². The van der Waals surface area contributed by atoms with Crippen molar-refractivity contribution >= 4 is 16.8 Å². The minimum absolute atomic E-state index is 0.0875. The molecule has 0 unspecified atom stereocenters. The van der Waals surface area contributed by atoms with Crippen molar-refractivity contribution in [2.24, 2.45) is 0 Å². The number of aromatic nitrogens is 3. The lowest BCUT2D eigenvalue weighted by molar-refractivity contribution is -0.265. The van der Waals surface area contributed by atoms with Crippen LogP contribution >= 0.6 is 0 Å². The number of nitrogens with zero attached hydrogens (tertiary/aromatic N) is 3. The Morgan fingerprint density at radius 1 is 1.16 bits per heavy atom. The molecule has 1 aliphatic heterocycles. The van der Waals surface area contributed by atoms with E-state index in [0.29, 0.717) is 51.9 Å². The highest BCUT2D eigenvalue weighted by Gasteiger charge is 2.57. The van der Waals surface area contributed by atoms with Gasteiger partial charge in [-0.1, -0.05) is 38.1 Å². The SMILES string of the molecule is CC[C@@]1(C)COc2c1cc([C@](O)(CNC(=O)c1cc(OC)c3nn(C4CC4)cc3c1)C(F)(F)F)nc2-c1ccc(C2CC2)cc1. The van der Waals surface area contributed by atoms with Crippen LogP contribution in [0.15, 0.2) is 48.7 Å². The summed E-state index contributed by atoms with van der Waals surface area (Å²) in [5, 5.41) is 19.0. The molecular formula is C34H35F3N4O4. The number of pyridine rings is 1. The summed E-state index contributed by atoms with van der Waals surface area (Å²) in [4.78, 5) is 17.7. The smallest absolute Gasteiger partial charge is 0.424 e. The van der Waals surface area contributed by atoms with Crippen molar-refractivity contribution in [3.63, 3.8) is 0 Å². The molecule has 0 bridgehead atoms. The van der Waals surface area contributed by atoms with Crippen molar-refractivity contribution in [3.8, 4) is 22.8 Å². The molecule has 2 aliphatic carbocycles. The van der Waals surface area contributed by atoms with Crippen LogP contribution in [-0.4, -0.2) is 52.2 Å². The van der Waals surface area contributed by atoms with Crippen molar-refractivity contribution in [2.75, 3.05) is 20.3 Å². The zero-order valence-electron chi connectivity index (χ0n) is 25.4. The molecule has 2 aromatic heterocycles. The zero-order chi connectivity index (χ0) is 31.7. The maximum Gasteiger partial charge on any atom is 0.424 e. The van der Waals surface area contributed by atoms with Gasteiger partial charge in [0.05, 0.1) is 32.0 Å². The van der Waals surface area contributed by atoms with Crippen LogP contribution in [0.3, 0.4) is 0 Å². The molecule has 0 radical (unpaired) electrons. The molecule has 0 spiro atoms. The van der Waals surface area contributed by atoms with E-state index in [1.54, 1.807) is 12.3 Å². The lowest BCUT2D eigenvalue weighted by Crippen LogP contribution is -2.51. The number of ether oxygens (including phenoxy) is 2. The number of benzene rings is 2. The maximum atomic E-state index is 14.9. The van der Waals surface area contributed by atoms with Gasteiger partial charge in [-0.2, -0.15) is 18.3 Å². The van der Waals surface area contributed by atoms with E-state index in [-0.39, 0.29) is 17.9 Å². The highest BCUT2D eigenvalue weighted by atomic mass is 19.4. The first-order valence-corrected chi connectivity index (χ1v) is 15.4. The van der Waals surface area contributed by atoms with E-state index < -0.39 is 35.3 Å². The second-order valence-electron chi connectivity index (χ2n) is 12.8. The molecular weight excluding hydrogens is 585 g/mol. The Balaban J connectivity index is 1.25. The van der Waals surface area contributed by atoms with E-state index >= 15 is 0 Å². The highest BCUT2D eigenvalue weighted by molar-refractivity contribution is 6.00. The van der Waals surface area contributed by atoms with Crippen LogP contribution in [0.2, 0.25) is 0 Å². The Bertz CT molecular complexity index is 1800. The van der Waals surface area contributed by atoms with Gasteiger partial charge in [-0.3, -0.25) is 9.48 Å². The molecule has 3 heterocycles. The molecule has 11 heteroatoms. The average Bonchev–Trinajstić information content (AvgIpc) is 3.98. The lowest BCUT2D eigenvalue weighted by Gasteiger charge is -2.31. The number of methoxy groups -OCH3 is 1. The third-order valence-corrected chi connectivity index (χ3v) is 9.56. The number of aliphatic hydroxyl groups is 1. The number of hydrogen-bond acceptors (Lipinski definition) is 6. The molecule has 3 aliphatic rings. The van der Waals surface area contributed by atoms with Gasteiger partial charge >= 0.3 is 6.18 Å². The molecule has 1 amide bonds. The summed E-state index contributed by atoms with van der Waals surface area (Å²) < 4.78 is 57.9. The fraction of sp³-hybridized carbons (Fsp3) is 0.441. The Kier molecular flexibility index (Phi) is 6.88. The summed E-state index contributed by atoms with van der Waals surface area (Å²) in [6.45, 7) is 3.00. The first-order valence-electron chi connectivity index (χ1n) is 15.4. The van der Waals surface area contributed by atoms with E-state index in [2.05, 4.69) is 15.4 Å². The molecule has 236 valence electrons. The van der Waals surface area contributed by atoms with Gasteiger partial charge in [-0.15, -0.1) is 0 Å². The number of rotatable bonds is 9. The van der Waals surface area contributed by atoms with E-state index in [4.69, 9.17) is 9.47 Å². The molecule has 2 saturated carbocycles. The predicted octanol–water partition coefficient (Wildman–Crippen LogP) is 6.56. The Morgan fingerprint density at radius 3 is 2.51 bits per heavy atom. The van der Waals surface area contributed by atoms with Gasteiger partial charge in [-0.25, -0.2) is 4.98 Å². The van der Waals surface area contributed by atoms with Gasteiger partial charge in [0.15, 0.2) is 0 Å². The van der Waals surface area contributed by atoms with Crippen molar-refractivity contribution < 1.29 is 32.5 Å². The monoisotopic (exact) mass is 620 g/mol. The van der Waals surface area contributed by atoms with Crippen molar-refractivity contribution in [1.82, 2.24) is 20.1 Å². The lowest BCUT2D eigenvalue weighted by atomic mass is 9.80. The van der Waals surface area contributed by atoms with E-state index in [0.717, 1.165) is 25.7 Å². The molecule has 7 rings (SSSR count). The quantitative estimate of drug-likeness (QED) is 0.220. The Hall–Kier alpha value is -4.12. The molecule has 4 aromatic rings. The summed E-state index contributed by atoms with van der Waals surface area (Å²) in [6, 6.07) is 12.2. The summed E-state index contributed by atoms with van der Waals surface area (Å²) in [7, 11) is 1.44. The molecule has 45 heavy (non-hydrogen) atoms. The molecule has 2 aromatic carbocycles. The van der Waals surface area contributed by atoms with Crippen molar-refractivity contribution in [1.29, 1.82) is 0 Å². The number of alkyl halides is 3. The van der Waals surface area contributed by atoms with Crippen molar-refractivity contribution in [3.05, 3.63) is 71.0 Å². The summed E-state index contributed by atoms with van der Waals surface area (Å²) in [5.41, 5.74) is -1.45. The van der Waals surface area contributed by atoms with Crippen LogP contribution in [0, 0.1) is 0 Å². The molecule has 0 saturated heterocycles. The number of hydrogen-bond donors (Lipinski definition) is 2. The maximum absolute atomic E-state index is 14.9. The number of fused-ring (bicyclic) bond motifs is 2. The zero-order valence-corrected chi connectivity index (χ0v) is 25.4. The van der Waals surface area contributed by atoms with Gasteiger partial charge < -0.3 is 19.9 Å². The van der Waals surface area contributed by atoms with Gasteiger partial charge in [-0.05, 0) is 61.8 Å².